The number of nitrogens with one attached hydrogen (secondary N) is 2. The number of carbonyl (C=O) groups excluding carboxylic acids is 3. The molecule has 4 aromatic rings. The van der Waals surface area contributed by atoms with E-state index < -0.39 is 17.6 Å². The highest BCUT2D eigenvalue weighted by molar-refractivity contribution is 6.45. The summed E-state index contributed by atoms with van der Waals surface area (Å²) in [6, 6.07) is 14.9. The number of hydrogen-bond acceptors (Lipinski definition) is 8. The first-order chi connectivity index (χ1) is 19.4. The van der Waals surface area contributed by atoms with Crippen LogP contribution in [0.15, 0.2) is 60.0 Å². The van der Waals surface area contributed by atoms with Crippen LogP contribution in [0, 0.1) is 11.3 Å². The number of amidine groups is 1. The first kappa shape index (κ1) is 26.2. The van der Waals surface area contributed by atoms with Gasteiger partial charge in [0.05, 0.1) is 29.6 Å². The molecule has 0 radical (unpaired) electrons. The number of pyridine rings is 1. The molecule has 1 aliphatic rings. The van der Waals surface area contributed by atoms with Crippen LogP contribution in [0.5, 0.6) is 5.75 Å². The molecule has 2 amide bonds. The number of hydrogen-bond donors (Lipinski definition) is 3. The summed E-state index contributed by atoms with van der Waals surface area (Å²) in [6.07, 6.45) is 2.84. The highest BCUT2D eigenvalue weighted by Gasteiger charge is 2.30. The smallest absolute Gasteiger partial charge is 0.295 e. The topological polar surface area (TPSA) is 170 Å². The summed E-state index contributed by atoms with van der Waals surface area (Å²) >= 11 is 0. The molecule has 40 heavy (non-hydrogen) atoms. The maximum atomic E-state index is 13.4. The molecular weight excluding hydrogens is 512 g/mol. The number of rotatable bonds is 7. The van der Waals surface area contributed by atoms with Gasteiger partial charge in [-0.05, 0) is 23.6 Å². The van der Waals surface area contributed by atoms with Crippen molar-refractivity contribution in [1.29, 1.82) is 5.26 Å². The number of ether oxygens (including phenoxy) is 1. The molecule has 5 rings (SSSR count). The number of Topliss-reactive ketones (excluding diaryl/α,β-unsaturated/α-hetero) is 1. The SMILES string of the molecule is COc1ccc(/C(N)=N/NC(=O)CC#N)c2[nH]cc(C(=O)C(=O)N3CCN(c4nccc5ccccc45)CC3)c12. The van der Waals surface area contributed by atoms with Crippen LogP contribution in [0.2, 0.25) is 0 Å². The number of anilines is 1. The van der Waals surface area contributed by atoms with E-state index in [1.165, 1.54) is 13.3 Å². The van der Waals surface area contributed by atoms with E-state index in [2.05, 4.69) is 25.4 Å². The van der Waals surface area contributed by atoms with Crippen molar-refractivity contribution in [3.63, 3.8) is 0 Å². The van der Waals surface area contributed by atoms with Crippen molar-refractivity contribution in [2.45, 2.75) is 6.42 Å². The molecule has 0 spiro atoms. The number of amides is 2. The number of piperazine rings is 1. The lowest BCUT2D eigenvalue weighted by Gasteiger charge is -2.35. The Hall–Kier alpha value is -5.44. The molecule has 202 valence electrons. The second-order valence-electron chi connectivity index (χ2n) is 9.10. The zero-order valence-corrected chi connectivity index (χ0v) is 21.7. The van der Waals surface area contributed by atoms with Crippen LogP contribution in [-0.2, 0) is 9.59 Å². The van der Waals surface area contributed by atoms with Gasteiger partial charge in [0.2, 0.25) is 0 Å². The summed E-state index contributed by atoms with van der Waals surface area (Å²) in [6.45, 7) is 1.79. The number of methoxy groups -OCH3 is 1. The van der Waals surface area contributed by atoms with E-state index in [0.29, 0.717) is 48.4 Å². The highest BCUT2D eigenvalue weighted by atomic mass is 16.5. The molecule has 0 unspecified atom stereocenters. The molecule has 12 heteroatoms. The first-order valence-corrected chi connectivity index (χ1v) is 12.5. The van der Waals surface area contributed by atoms with E-state index in [-0.39, 0.29) is 17.8 Å². The van der Waals surface area contributed by atoms with E-state index in [1.807, 2.05) is 30.3 Å². The summed E-state index contributed by atoms with van der Waals surface area (Å²) in [5.74, 6) is -0.748. The molecule has 0 atom stereocenters. The number of carbonyl (C=O) groups is 3. The Labute approximate surface area is 229 Å². The van der Waals surface area contributed by atoms with Gasteiger partial charge in [-0.1, -0.05) is 24.3 Å². The van der Waals surface area contributed by atoms with Crippen molar-refractivity contribution >= 4 is 50.9 Å². The molecular formula is C28H26N8O4. The van der Waals surface area contributed by atoms with Crippen LogP contribution < -0.4 is 20.8 Å². The largest absolute Gasteiger partial charge is 0.496 e. The fraction of sp³-hybridized carbons (Fsp3) is 0.214. The Balaban J connectivity index is 1.36. The third-order valence-electron chi connectivity index (χ3n) is 6.79. The van der Waals surface area contributed by atoms with Crippen molar-refractivity contribution < 1.29 is 19.1 Å². The predicted molar refractivity (Wildman–Crippen MR) is 149 cm³/mol. The van der Waals surface area contributed by atoms with Crippen molar-refractivity contribution in [3.8, 4) is 11.8 Å². The number of hydrazone groups is 1. The number of aromatic amines is 1. The van der Waals surface area contributed by atoms with Gasteiger partial charge in [-0.3, -0.25) is 14.4 Å². The molecule has 1 saturated heterocycles. The number of nitrogens with zero attached hydrogens (tertiary/aromatic N) is 5. The van der Waals surface area contributed by atoms with Crippen molar-refractivity contribution in [1.82, 2.24) is 20.3 Å². The Morgan fingerprint density at radius 3 is 2.65 bits per heavy atom. The monoisotopic (exact) mass is 538 g/mol. The summed E-state index contributed by atoms with van der Waals surface area (Å²) in [5, 5.41) is 15.0. The lowest BCUT2D eigenvalue weighted by molar-refractivity contribution is -0.126. The van der Waals surface area contributed by atoms with E-state index in [9.17, 15) is 14.4 Å². The van der Waals surface area contributed by atoms with Crippen LogP contribution in [-0.4, -0.2) is 71.6 Å². The van der Waals surface area contributed by atoms with Gasteiger partial charge < -0.3 is 25.3 Å². The highest BCUT2D eigenvalue weighted by Crippen LogP contribution is 2.32. The number of nitrogens with two attached hydrogens (primary N) is 1. The lowest BCUT2D eigenvalue weighted by atomic mass is 10.0. The summed E-state index contributed by atoms with van der Waals surface area (Å²) in [4.78, 5) is 49.6. The molecule has 2 aromatic carbocycles. The number of aromatic nitrogens is 2. The minimum atomic E-state index is -0.684. The third-order valence-corrected chi connectivity index (χ3v) is 6.79. The Morgan fingerprint density at radius 1 is 1.12 bits per heavy atom. The van der Waals surface area contributed by atoms with Crippen molar-refractivity contribution in [2.75, 3.05) is 38.2 Å². The minimum absolute atomic E-state index is 0.0516. The molecule has 3 heterocycles. The maximum Gasteiger partial charge on any atom is 0.295 e. The number of nitriles is 1. The second-order valence-corrected chi connectivity index (χ2v) is 9.10. The quantitative estimate of drug-likeness (QED) is 0.105. The van der Waals surface area contributed by atoms with E-state index in [1.54, 1.807) is 29.3 Å². The van der Waals surface area contributed by atoms with Crippen molar-refractivity contribution in [3.05, 3.63) is 66.0 Å². The zero-order valence-electron chi connectivity index (χ0n) is 21.7. The van der Waals surface area contributed by atoms with Gasteiger partial charge in [0.25, 0.3) is 17.6 Å². The number of fused-ring (bicyclic) bond motifs is 2. The summed E-state index contributed by atoms with van der Waals surface area (Å²) in [7, 11) is 1.46. The molecule has 2 aromatic heterocycles. The maximum absolute atomic E-state index is 13.4. The van der Waals surface area contributed by atoms with Crippen LogP contribution in [0.3, 0.4) is 0 Å². The van der Waals surface area contributed by atoms with Gasteiger partial charge in [0.15, 0.2) is 5.84 Å². The fourth-order valence-electron chi connectivity index (χ4n) is 4.81. The molecule has 0 bridgehead atoms. The fourth-order valence-corrected chi connectivity index (χ4v) is 4.81. The molecule has 12 nitrogen and oxygen atoms in total. The van der Waals surface area contributed by atoms with Crippen LogP contribution in [0.1, 0.15) is 22.3 Å². The van der Waals surface area contributed by atoms with Gasteiger partial charge in [-0.25, -0.2) is 10.4 Å². The van der Waals surface area contributed by atoms with Crippen LogP contribution >= 0.6 is 0 Å². The zero-order chi connectivity index (χ0) is 28.2. The van der Waals surface area contributed by atoms with E-state index in [0.717, 1.165) is 16.6 Å². The van der Waals surface area contributed by atoms with Gasteiger partial charge in [0.1, 0.15) is 18.0 Å². The van der Waals surface area contributed by atoms with Gasteiger partial charge in [0, 0.05) is 49.5 Å². The lowest BCUT2D eigenvalue weighted by Crippen LogP contribution is -2.50. The molecule has 0 saturated carbocycles. The third kappa shape index (κ3) is 4.88. The first-order valence-electron chi connectivity index (χ1n) is 12.5. The van der Waals surface area contributed by atoms with Gasteiger partial charge in [-0.15, -0.1) is 0 Å². The number of H-pyrrole nitrogens is 1. The molecule has 4 N–H and O–H groups in total. The molecule has 1 aliphatic heterocycles. The second kappa shape index (κ2) is 11.1. The Bertz CT molecular complexity index is 1690. The Morgan fingerprint density at radius 2 is 1.90 bits per heavy atom. The Kier molecular flexibility index (Phi) is 7.28. The predicted octanol–water partition coefficient (Wildman–Crippen LogP) is 1.91. The normalized spacial score (nSPS) is 13.8. The minimum Gasteiger partial charge on any atom is -0.496 e. The van der Waals surface area contributed by atoms with Crippen LogP contribution in [0.25, 0.3) is 21.7 Å². The van der Waals surface area contributed by atoms with E-state index >= 15 is 0 Å². The average molecular weight is 539 g/mol. The molecule has 1 fully saturated rings. The summed E-state index contributed by atoms with van der Waals surface area (Å²) in [5.41, 5.74) is 9.22. The number of benzene rings is 2. The summed E-state index contributed by atoms with van der Waals surface area (Å²) < 4.78 is 5.47. The standard InChI is InChI=1S/C28H26N8O4/c1-40-21-7-6-19(26(30)34-33-22(37)8-10-29)24-23(21)20(16-32-24)25(38)28(39)36-14-12-35(13-15-36)27-18-5-3-2-4-17(18)9-11-31-27/h2-7,9,11,16,32H,8,12-15H2,1H3,(H2,30,34)(H,33,37). The van der Waals surface area contributed by atoms with Crippen molar-refractivity contribution in [2.24, 2.45) is 10.8 Å². The van der Waals surface area contributed by atoms with Crippen LogP contribution in [0.4, 0.5) is 5.82 Å². The van der Waals surface area contributed by atoms with Gasteiger partial charge in [-0.2, -0.15) is 10.4 Å². The van der Waals surface area contributed by atoms with E-state index in [4.69, 9.17) is 15.7 Å². The average Bonchev–Trinajstić information content (AvgIpc) is 3.44. The van der Waals surface area contributed by atoms with Gasteiger partial charge >= 0.3 is 0 Å². The molecule has 0 aliphatic carbocycles. The number of ketones is 1.